The highest BCUT2D eigenvalue weighted by Crippen LogP contribution is 2.28. The van der Waals surface area contributed by atoms with Gasteiger partial charge in [0.1, 0.15) is 5.69 Å². The van der Waals surface area contributed by atoms with Gasteiger partial charge in [-0.1, -0.05) is 12.7 Å². The number of piperidine rings is 1. The Balaban J connectivity index is 1.31. The normalized spacial score (nSPS) is 17.1. The summed E-state index contributed by atoms with van der Waals surface area (Å²) in [6.45, 7) is 9.78. The number of aliphatic imine (C=N–C) groups is 1. The molecule has 0 unspecified atom stereocenters. The van der Waals surface area contributed by atoms with E-state index in [-0.39, 0.29) is 17.9 Å². The van der Waals surface area contributed by atoms with Crippen LogP contribution in [0.15, 0.2) is 54.2 Å². The molecule has 9 heteroatoms. The van der Waals surface area contributed by atoms with Gasteiger partial charge in [-0.15, -0.1) is 0 Å². The molecule has 2 fully saturated rings. The summed E-state index contributed by atoms with van der Waals surface area (Å²) < 4.78 is 0. The van der Waals surface area contributed by atoms with Crippen molar-refractivity contribution in [3.05, 3.63) is 66.1 Å². The van der Waals surface area contributed by atoms with Gasteiger partial charge in [0, 0.05) is 61.1 Å². The number of rotatable bonds is 7. The van der Waals surface area contributed by atoms with Crippen molar-refractivity contribution in [3.8, 4) is 0 Å². The lowest BCUT2D eigenvalue weighted by atomic mass is 10.0. The van der Waals surface area contributed by atoms with Crippen LogP contribution < -0.4 is 5.32 Å². The van der Waals surface area contributed by atoms with Crippen LogP contribution >= 0.6 is 0 Å². The van der Waals surface area contributed by atoms with E-state index < -0.39 is 0 Å². The lowest BCUT2D eigenvalue weighted by Gasteiger charge is -2.36. The second kappa shape index (κ2) is 11.0. The Morgan fingerprint density at radius 3 is 2.76 bits per heavy atom. The molecule has 0 aliphatic carbocycles. The number of aryl methyl sites for hydroxylation is 1. The van der Waals surface area contributed by atoms with Gasteiger partial charge < -0.3 is 20.1 Å². The Bertz CT molecular complexity index is 1430. The van der Waals surface area contributed by atoms with Gasteiger partial charge in [-0.2, -0.15) is 0 Å². The Hall–Kier alpha value is -4.27. The maximum atomic E-state index is 13.3. The molecule has 5 rings (SSSR count). The number of allylic oxidation sites excluding steroid dienone is 2. The second-order valence-corrected chi connectivity index (χ2v) is 9.72. The summed E-state index contributed by atoms with van der Waals surface area (Å²) in [6.07, 6.45) is 10.1. The molecular formula is C29H33N7O2. The smallest absolute Gasteiger partial charge is 0.270 e. The van der Waals surface area contributed by atoms with Crippen LogP contribution in [0, 0.1) is 6.92 Å². The number of H-pyrrole nitrogens is 1. The Morgan fingerprint density at radius 2 is 2.05 bits per heavy atom. The molecule has 196 valence electrons. The molecular weight excluding hydrogens is 478 g/mol. The van der Waals surface area contributed by atoms with Crippen molar-refractivity contribution in [2.75, 3.05) is 25.0 Å². The number of aromatic amines is 1. The van der Waals surface area contributed by atoms with E-state index in [4.69, 9.17) is 0 Å². The van der Waals surface area contributed by atoms with Gasteiger partial charge in [0.2, 0.25) is 11.9 Å². The number of nitrogens with zero attached hydrogens (tertiary/aromatic N) is 5. The quantitative estimate of drug-likeness (QED) is 0.348. The minimum Gasteiger partial charge on any atom is -0.350 e. The molecule has 9 nitrogen and oxygen atoms in total. The van der Waals surface area contributed by atoms with Crippen molar-refractivity contribution in [1.82, 2.24) is 24.8 Å². The topological polar surface area (TPSA) is 107 Å². The summed E-state index contributed by atoms with van der Waals surface area (Å²) in [5.74, 6) is 0.703. The number of nitrogens with one attached hydrogen (secondary N) is 2. The Kier molecular flexibility index (Phi) is 7.35. The van der Waals surface area contributed by atoms with E-state index in [1.54, 1.807) is 30.6 Å². The highest BCUT2D eigenvalue weighted by atomic mass is 16.2. The van der Waals surface area contributed by atoms with Crippen LogP contribution in [0.5, 0.6) is 0 Å². The standard InChI is InChI=1S/C29H33N7O2/c1-4-7-23(30-5-2)24-9-12-31-29(34-24)32-21-16-19(3)27-20(17-21)18-25(33-27)28(38)35-14-10-22(11-15-35)36-13-6-8-26(36)37/h4-5,7,9,12,16-18,22,33H,1,6,8,10-11,13-15H2,2-3H3,(H,31,32,34)/b23-7-,30-5?. The zero-order valence-electron chi connectivity index (χ0n) is 21.9. The molecule has 2 saturated heterocycles. The average molecular weight is 512 g/mol. The van der Waals surface area contributed by atoms with E-state index in [2.05, 4.69) is 31.8 Å². The summed E-state index contributed by atoms with van der Waals surface area (Å²) in [6, 6.07) is 7.96. The van der Waals surface area contributed by atoms with Gasteiger partial charge in [-0.25, -0.2) is 9.97 Å². The van der Waals surface area contributed by atoms with Gasteiger partial charge in [0.05, 0.1) is 11.4 Å². The molecule has 2 aliphatic heterocycles. The molecule has 2 amide bonds. The summed E-state index contributed by atoms with van der Waals surface area (Å²) in [4.78, 5) is 46.0. The maximum Gasteiger partial charge on any atom is 0.270 e. The molecule has 2 aromatic heterocycles. The number of hydrogen-bond acceptors (Lipinski definition) is 6. The van der Waals surface area contributed by atoms with Crippen LogP contribution in [-0.2, 0) is 4.79 Å². The van der Waals surface area contributed by atoms with Crippen LogP contribution in [0.4, 0.5) is 11.6 Å². The summed E-state index contributed by atoms with van der Waals surface area (Å²) >= 11 is 0. The molecule has 1 aromatic carbocycles. The van der Waals surface area contributed by atoms with Crippen molar-refractivity contribution in [1.29, 1.82) is 0 Å². The number of fused-ring (bicyclic) bond motifs is 1. The summed E-state index contributed by atoms with van der Waals surface area (Å²) in [5.41, 5.74) is 4.73. The number of carbonyl (C=O) groups is 2. The van der Waals surface area contributed by atoms with E-state index in [1.807, 2.05) is 41.8 Å². The van der Waals surface area contributed by atoms with Crippen molar-refractivity contribution in [2.45, 2.75) is 45.6 Å². The fourth-order valence-electron chi connectivity index (χ4n) is 5.35. The predicted molar refractivity (Wildman–Crippen MR) is 151 cm³/mol. The zero-order chi connectivity index (χ0) is 26.6. The SMILES string of the molecule is C=C/C=C(\N=CC)c1ccnc(Nc2cc(C)c3[nH]c(C(=O)N4CCC(N5CCCC5=O)CC4)cc3c2)n1. The predicted octanol–water partition coefficient (Wildman–Crippen LogP) is 4.85. The molecule has 3 aromatic rings. The van der Waals surface area contributed by atoms with Gasteiger partial charge >= 0.3 is 0 Å². The third kappa shape index (κ3) is 5.22. The molecule has 2 aliphatic rings. The molecule has 0 spiro atoms. The molecule has 2 N–H and O–H groups in total. The fraction of sp³-hybridized carbons (Fsp3) is 0.345. The van der Waals surface area contributed by atoms with Gasteiger partial charge in [-0.05, 0) is 69.0 Å². The first-order valence-corrected chi connectivity index (χ1v) is 13.1. The monoisotopic (exact) mass is 511 g/mol. The third-order valence-corrected chi connectivity index (χ3v) is 7.18. The summed E-state index contributed by atoms with van der Waals surface area (Å²) in [5, 5.41) is 4.22. The van der Waals surface area contributed by atoms with Crippen molar-refractivity contribution < 1.29 is 9.59 Å². The average Bonchev–Trinajstić information content (AvgIpc) is 3.55. The number of carbonyl (C=O) groups excluding carboxylic acids is 2. The van der Waals surface area contributed by atoms with Crippen LogP contribution in [0.1, 0.15) is 54.4 Å². The van der Waals surface area contributed by atoms with Crippen molar-refractivity contribution >= 4 is 46.3 Å². The molecule has 38 heavy (non-hydrogen) atoms. The van der Waals surface area contributed by atoms with E-state index in [0.717, 1.165) is 48.0 Å². The first-order chi connectivity index (χ1) is 18.5. The highest BCUT2D eigenvalue weighted by molar-refractivity contribution is 5.99. The molecule has 4 heterocycles. The van der Waals surface area contributed by atoms with Crippen molar-refractivity contribution in [2.24, 2.45) is 4.99 Å². The first-order valence-electron chi connectivity index (χ1n) is 13.1. The maximum absolute atomic E-state index is 13.3. The van der Waals surface area contributed by atoms with Crippen LogP contribution in [0.25, 0.3) is 16.6 Å². The molecule has 0 radical (unpaired) electrons. The second-order valence-electron chi connectivity index (χ2n) is 9.72. The highest BCUT2D eigenvalue weighted by Gasteiger charge is 2.32. The van der Waals surface area contributed by atoms with E-state index in [1.165, 1.54) is 0 Å². The number of benzene rings is 1. The largest absolute Gasteiger partial charge is 0.350 e. The number of hydrogen-bond donors (Lipinski definition) is 2. The minimum absolute atomic E-state index is 0.00430. The van der Waals surface area contributed by atoms with Gasteiger partial charge in [0.15, 0.2) is 0 Å². The van der Waals surface area contributed by atoms with E-state index in [0.29, 0.717) is 42.5 Å². The lowest BCUT2D eigenvalue weighted by Crippen LogP contribution is -2.47. The Labute approximate surface area is 222 Å². The Morgan fingerprint density at radius 1 is 1.24 bits per heavy atom. The first kappa shape index (κ1) is 25.4. The zero-order valence-corrected chi connectivity index (χ0v) is 21.9. The molecule has 0 bridgehead atoms. The lowest BCUT2D eigenvalue weighted by molar-refractivity contribution is -0.130. The number of anilines is 2. The molecule has 0 saturated carbocycles. The number of amides is 2. The van der Waals surface area contributed by atoms with Crippen molar-refractivity contribution in [3.63, 3.8) is 0 Å². The van der Waals surface area contributed by atoms with Crippen LogP contribution in [0.3, 0.4) is 0 Å². The van der Waals surface area contributed by atoms with Crippen LogP contribution in [-0.4, -0.2) is 68.5 Å². The third-order valence-electron chi connectivity index (χ3n) is 7.18. The fourth-order valence-corrected chi connectivity index (χ4v) is 5.35. The summed E-state index contributed by atoms with van der Waals surface area (Å²) in [7, 11) is 0. The van der Waals surface area contributed by atoms with E-state index in [9.17, 15) is 9.59 Å². The van der Waals surface area contributed by atoms with E-state index >= 15 is 0 Å². The van der Waals surface area contributed by atoms with Crippen LogP contribution in [0.2, 0.25) is 0 Å². The minimum atomic E-state index is -0.00430. The van der Waals surface area contributed by atoms with Gasteiger partial charge in [-0.3, -0.25) is 14.6 Å². The van der Waals surface area contributed by atoms with Gasteiger partial charge in [0.25, 0.3) is 5.91 Å². The molecule has 0 atom stereocenters. The number of aromatic nitrogens is 3. The number of likely N-dealkylation sites (tertiary alicyclic amines) is 2.